The van der Waals surface area contributed by atoms with Gasteiger partial charge in [-0.15, -0.1) is 0 Å². The minimum absolute atomic E-state index is 0.437. The number of hydrogen-bond donors (Lipinski definition) is 1. The number of rotatable bonds is 4. The first-order chi connectivity index (χ1) is 10.2. The molecule has 0 radical (unpaired) electrons. The van der Waals surface area contributed by atoms with Crippen molar-refractivity contribution in [2.24, 2.45) is 0 Å². The van der Waals surface area contributed by atoms with Crippen LogP contribution in [-0.4, -0.2) is 40.8 Å². The summed E-state index contributed by atoms with van der Waals surface area (Å²) in [6, 6.07) is 2.72. The summed E-state index contributed by atoms with van der Waals surface area (Å²) < 4.78 is 1.97. The molecule has 1 unspecified atom stereocenters. The van der Waals surface area contributed by atoms with Crippen LogP contribution in [0.1, 0.15) is 44.7 Å². The molecule has 2 aromatic heterocycles. The van der Waals surface area contributed by atoms with Gasteiger partial charge in [-0.2, -0.15) is 5.10 Å². The number of hydrogen-bond acceptors (Lipinski definition) is 4. The van der Waals surface area contributed by atoms with Crippen LogP contribution in [-0.2, 0) is 0 Å². The van der Waals surface area contributed by atoms with Gasteiger partial charge in [0.15, 0.2) is 5.82 Å². The van der Waals surface area contributed by atoms with Crippen molar-refractivity contribution in [3.63, 3.8) is 0 Å². The second-order valence-electron chi connectivity index (χ2n) is 6.21. The van der Waals surface area contributed by atoms with Crippen LogP contribution >= 0.6 is 0 Å². The van der Waals surface area contributed by atoms with Crippen LogP contribution in [0.5, 0.6) is 0 Å². The number of piperidine rings is 1. The Labute approximate surface area is 126 Å². The maximum atomic E-state index is 4.67. The highest BCUT2D eigenvalue weighted by atomic mass is 15.3. The Bertz CT molecular complexity index is 602. The molecule has 5 nitrogen and oxygen atoms in total. The fraction of sp³-hybridized carbons (Fsp3) is 0.625. The lowest BCUT2D eigenvalue weighted by atomic mass is 10.0. The van der Waals surface area contributed by atoms with E-state index in [0.29, 0.717) is 12.0 Å². The van der Waals surface area contributed by atoms with Gasteiger partial charge in [0.2, 0.25) is 0 Å². The van der Waals surface area contributed by atoms with Crippen LogP contribution in [0, 0.1) is 0 Å². The Morgan fingerprint density at radius 2 is 2.24 bits per heavy atom. The fourth-order valence-corrected chi connectivity index (χ4v) is 3.16. The largest absolute Gasteiger partial charge is 0.351 e. The van der Waals surface area contributed by atoms with Gasteiger partial charge in [-0.3, -0.25) is 0 Å². The van der Waals surface area contributed by atoms with E-state index in [1.54, 1.807) is 0 Å². The van der Waals surface area contributed by atoms with Crippen LogP contribution in [0.15, 0.2) is 18.5 Å². The molecule has 1 fully saturated rings. The Kier molecular flexibility index (Phi) is 4.10. The molecule has 2 aromatic rings. The Hall–Kier alpha value is -1.62. The zero-order valence-electron chi connectivity index (χ0n) is 13.2. The molecule has 1 aliphatic heterocycles. The summed E-state index contributed by atoms with van der Waals surface area (Å²) in [5.74, 6) is 1.52. The molecule has 3 rings (SSSR count). The summed E-state index contributed by atoms with van der Waals surface area (Å²) in [5.41, 5.74) is 2.26. The van der Waals surface area contributed by atoms with Crippen molar-refractivity contribution < 1.29 is 0 Å². The lowest BCUT2D eigenvalue weighted by Crippen LogP contribution is -2.45. The van der Waals surface area contributed by atoms with Crippen LogP contribution in [0.4, 0.5) is 5.82 Å². The van der Waals surface area contributed by atoms with Crippen molar-refractivity contribution in [1.82, 2.24) is 19.9 Å². The van der Waals surface area contributed by atoms with E-state index < -0.39 is 0 Å². The minimum Gasteiger partial charge on any atom is -0.351 e. The fourth-order valence-electron chi connectivity index (χ4n) is 3.16. The second kappa shape index (κ2) is 6.02. The van der Waals surface area contributed by atoms with E-state index in [1.807, 2.05) is 24.0 Å². The number of aromatic nitrogens is 3. The van der Waals surface area contributed by atoms with Gasteiger partial charge in [-0.05, 0) is 38.3 Å². The number of fused-ring (bicyclic) bond motifs is 1. The monoisotopic (exact) mass is 287 g/mol. The average molecular weight is 287 g/mol. The van der Waals surface area contributed by atoms with E-state index in [2.05, 4.69) is 40.2 Å². The molecule has 0 spiro atoms. The predicted molar refractivity (Wildman–Crippen MR) is 86.0 cm³/mol. The molecular formula is C16H25N5. The molecule has 1 aliphatic rings. The summed E-state index contributed by atoms with van der Waals surface area (Å²) in [4.78, 5) is 7.13. The van der Waals surface area contributed by atoms with Crippen LogP contribution in [0.25, 0.3) is 5.52 Å². The summed E-state index contributed by atoms with van der Waals surface area (Å²) >= 11 is 0. The van der Waals surface area contributed by atoms with Crippen molar-refractivity contribution in [2.75, 3.05) is 25.0 Å². The summed E-state index contributed by atoms with van der Waals surface area (Å²) in [6.07, 6.45) is 7.59. The van der Waals surface area contributed by atoms with Gasteiger partial charge in [0.25, 0.3) is 0 Å². The molecule has 3 heterocycles. The van der Waals surface area contributed by atoms with E-state index in [9.17, 15) is 0 Å². The topological polar surface area (TPSA) is 45.5 Å². The SMILES string of the molecule is CNCC1CCCCN1c1nccn2nc(C(C)C)cc12. The van der Waals surface area contributed by atoms with E-state index in [4.69, 9.17) is 0 Å². The highest BCUT2D eigenvalue weighted by Gasteiger charge is 2.25. The predicted octanol–water partition coefficient (Wildman–Crippen LogP) is 2.43. The molecular weight excluding hydrogens is 262 g/mol. The maximum Gasteiger partial charge on any atom is 0.154 e. The Morgan fingerprint density at radius 1 is 1.38 bits per heavy atom. The quantitative estimate of drug-likeness (QED) is 0.938. The molecule has 0 aromatic carbocycles. The van der Waals surface area contributed by atoms with Crippen molar-refractivity contribution in [1.29, 1.82) is 0 Å². The van der Waals surface area contributed by atoms with Crippen LogP contribution in [0.2, 0.25) is 0 Å². The van der Waals surface area contributed by atoms with Gasteiger partial charge in [0.1, 0.15) is 5.52 Å². The number of likely N-dealkylation sites (N-methyl/N-ethyl adjacent to an activating group) is 1. The maximum absolute atomic E-state index is 4.67. The average Bonchev–Trinajstić information content (AvgIpc) is 2.92. The van der Waals surface area contributed by atoms with E-state index in [0.717, 1.165) is 30.1 Å². The minimum atomic E-state index is 0.437. The Morgan fingerprint density at radius 3 is 3.00 bits per heavy atom. The van der Waals surface area contributed by atoms with Gasteiger partial charge in [-0.1, -0.05) is 13.8 Å². The molecule has 0 amide bonds. The first-order valence-corrected chi connectivity index (χ1v) is 7.96. The summed E-state index contributed by atoms with van der Waals surface area (Å²) in [7, 11) is 2.02. The Balaban J connectivity index is 2.01. The third-order valence-corrected chi connectivity index (χ3v) is 4.32. The highest BCUT2D eigenvalue weighted by Crippen LogP contribution is 2.28. The van der Waals surface area contributed by atoms with Gasteiger partial charge in [0, 0.05) is 31.5 Å². The van der Waals surface area contributed by atoms with Crippen molar-refractivity contribution in [3.8, 4) is 0 Å². The van der Waals surface area contributed by atoms with E-state index in [-0.39, 0.29) is 0 Å². The lowest BCUT2D eigenvalue weighted by molar-refractivity contribution is 0.444. The zero-order chi connectivity index (χ0) is 14.8. The van der Waals surface area contributed by atoms with Gasteiger partial charge < -0.3 is 10.2 Å². The van der Waals surface area contributed by atoms with Crippen LogP contribution in [0.3, 0.4) is 0 Å². The molecule has 1 atom stereocenters. The van der Waals surface area contributed by atoms with Gasteiger partial charge in [0.05, 0.1) is 5.69 Å². The van der Waals surface area contributed by atoms with Gasteiger partial charge in [-0.25, -0.2) is 9.50 Å². The normalized spacial score (nSPS) is 19.6. The highest BCUT2D eigenvalue weighted by molar-refractivity contribution is 5.69. The van der Waals surface area contributed by atoms with Crippen molar-refractivity contribution in [3.05, 3.63) is 24.2 Å². The standard InChI is InChI=1S/C16H25N5/c1-12(2)14-10-15-16(18-7-9-21(15)19-14)20-8-5-4-6-13(20)11-17-3/h7,9-10,12-13,17H,4-6,8,11H2,1-3H3. The summed E-state index contributed by atoms with van der Waals surface area (Å²) in [5, 5.41) is 7.99. The lowest BCUT2D eigenvalue weighted by Gasteiger charge is -2.36. The van der Waals surface area contributed by atoms with Crippen LogP contribution < -0.4 is 10.2 Å². The van der Waals surface area contributed by atoms with Gasteiger partial charge >= 0.3 is 0 Å². The molecule has 0 aliphatic carbocycles. The molecule has 5 heteroatoms. The first kappa shape index (κ1) is 14.3. The first-order valence-electron chi connectivity index (χ1n) is 7.96. The molecule has 0 bridgehead atoms. The third-order valence-electron chi connectivity index (χ3n) is 4.32. The summed E-state index contributed by atoms with van der Waals surface area (Å²) in [6.45, 7) is 6.45. The number of nitrogens with zero attached hydrogens (tertiary/aromatic N) is 4. The smallest absolute Gasteiger partial charge is 0.154 e. The second-order valence-corrected chi connectivity index (χ2v) is 6.21. The number of anilines is 1. The third kappa shape index (κ3) is 2.75. The molecule has 0 saturated carbocycles. The van der Waals surface area contributed by atoms with Crippen molar-refractivity contribution >= 4 is 11.3 Å². The molecule has 21 heavy (non-hydrogen) atoms. The molecule has 114 valence electrons. The molecule has 1 saturated heterocycles. The number of nitrogens with one attached hydrogen (secondary N) is 1. The molecule has 1 N–H and O–H groups in total. The van der Waals surface area contributed by atoms with Crippen molar-refractivity contribution in [2.45, 2.75) is 45.1 Å². The van der Waals surface area contributed by atoms with E-state index in [1.165, 1.54) is 19.3 Å². The van der Waals surface area contributed by atoms with E-state index >= 15 is 0 Å². The zero-order valence-corrected chi connectivity index (χ0v) is 13.2.